The van der Waals surface area contributed by atoms with Crippen molar-refractivity contribution in [3.63, 3.8) is 0 Å². The molecular formula is C15H25N3O. The minimum atomic E-state index is -0.438. The van der Waals surface area contributed by atoms with Gasteiger partial charge in [-0.3, -0.25) is 9.69 Å². The van der Waals surface area contributed by atoms with Crippen molar-refractivity contribution in [2.45, 2.75) is 39.8 Å². The first kappa shape index (κ1) is 15.7. The van der Waals surface area contributed by atoms with Crippen molar-refractivity contribution in [2.24, 2.45) is 5.73 Å². The number of hydrogen-bond donors (Lipinski definition) is 2. The lowest BCUT2D eigenvalue weighted by Gasteiger charge is -2.18. The van der Waals surface area contributed by atoms with Gasteiger partial charge in [0.05, 0.1) is 6.04 Å². The molecule has 4 heteroatoms. The Morgan fingerprint density at radius 3 is 2.58 bits per heavy atom. The van der Waals surface area contributed by atoms with Gasteiger partial charge in [0.2, 0.25) is 5.91 Å². The molecule has 0 heterocycles. The van der Waals surface area contributed by atoms with Crippen LogP contribution in [0.1, 0.15) is 32.8 Å². The Morgan fingerprint density at radius 1 is 1.32 bits per heavy atom. The number of nitrogens with two attached hydrogens (primary N) is 1. The fraction of sp³-hybridized carbons (Fsp3) is 0.533. The molecule has 1 atom stereocenters. The summed E-state index contributed by atoms with van der Waals surface area (Å²) in [6.45, 7) is 9.14. The highest BCUT2D eigenvalue weighted by Crippen LogP contribution is 2.13. The maximum atomic E-state index is 11.7. The average Bonchev–Trinajstić information content (AvgIpc) is 2.44. The zero-order chi connectivity index (χ0) is 14.3. The second kappa shape index (κ2) is 7.92. The number of carbonyl (C=O) groups is 1. The van der Waals surface area contributed by atoms with Crippen LogP contribution in [0.25, 0.3) is 0 Å². The fourth-order valence-corrected chi connectivity index (χ4v) is 1.87. The summed E-state index contributed by atoms with van der Waals surface area (Å²) >= 11 is 0. The molecule has 0 aliphatic rings. The van der Waals surface area contributed by atoms with Crippen LogP contribution in [0.2, 0.25) is 0 Å². The molecule has 3 N–H and O–H groups in total. The Labute approximate surface area is 116 Å². The number of hydrogen-bond acceptors (Lipinski definition) is 3. The Morgan fingerprint density at radius 2 is 2.00 bits per heavy atom. The molecule has 1 aromatic rings. The van der Waals surface area contributed by atoms with Crippen molar-refractivity contribution in [2.75, 3.05) is 18.4 Å². The number of nitrogens with zero attached hydrogens (tertiary/aromatic N) is 1. The summed E-state index contributed by atoms with van der Waals surface area (Å²) in [5.41, 5.74) is 7.72. The topological polar surface area (TPSA) is 58.4 Å². The van der Waals surface area contributed by atoms with E-state index in [0.717, 1.165) is 25.3 Å². The maximum Gasteiger partial charge on any atom is 0.241 e. The van der Waals surface area contributed by atoms with Crippen LogP contribution in [0, 0.1) is 0 Å². The summed E-state index contributed by atoms with van der Waals surface area (Å²) in [5, 5.41) is 2.86. The lowest BCUT2D eigenvalue weighted by atomic mass is 10.1. The Bertz CT molecular complexity index is 402. The highest BCUT2D eigenvalue weighted by Gasteiger charge is 2.11. The van der Waals surface area contributed by atoms with E-state index in [-0.39, 0.29) is 5.91 Å². The average molecular weight is 263 g/mol. The normalized spacial score (nSPS) is 12.5. The first-order valence-electron chi connectivity index (χ1n) is 6.98. The summed E-state index contributed by atoms with van der Waals surface area (Å²) in [6.07, 6.45) is 0.644. The van der Waals surface area contributed by atoms with Gasteiger partial charge in [-0.2, -0.15) is 0 Å². The van der Waals surface area contributed by atoms with Gasteiger partial charge in [0, 0.05) is 12.2 Å². The number of rotatable bonds is 7. The zero-order valence-electron chi connectivity index (χ0n) is 12.1. The largest absolute Gasteiger partial charge is 0.325 e. The molecule has 0 fully saturated rings. The van der Waals surface area contributed by atoms with Crippen LogP contribution >= 0.6 is 0 Å². The van der Waals surface area contributed by atoms with Gasteiger partial charge < -0.3 is 11.1 Å². The van der Waals surface area contributed by atoms with Crippen molar-refractivity contribution in [3.8, 4) is 0 Å². The molecule has 106 valence electrons. The van der Waals surface area contributed by atoms with Crippen molar-refractivity contribution in [3.05, 3.63) is 29.8 Å². The molecule has 0 saturated heterocycles. The Balaban J connectivity index is 2.69. The molecule has 1 amide bonds. The molecule has 0 saturated carbocycles. The van der Waals surface area contributed by atoms with Crippen LogP contribution < -0.4 is 11.1 Å². The fourth-order valence-electron chi connectivity index (χ4n) is 1.87. The van der Waals surface area contributed by atoms with E-state index in [1.54, 1.807) is 0 Å². The summed E-state index contributed by atoms with van der Waals surface area (Å²) < 4.78 is 0. The second-order valence-electron chi connectivity index (χ2n) is 4.67. The van der Waals surface area contributed by atoms with E-state index in [9.17, 15) is 4.79 Å². The molecule has 0 aromatic heterocycles. The molecule has 1 rings (SSSR count). The third-order valence-corrected chi connectivity index (χ3v) is 3.27. The van der Waals surface area contributed by atoms with Gasteiger partial charge in [-0.05, 0) is 37.2 Å². The monoisotopic (exact) mass is 263 g/mol. The number of nitrogens with one attached hydrogen (secondary N) is 1. The molecule has 0 aliphatic heterocycles. The van der Waals surface area contributed by atoms with E-state index in [1.807, 2.05) is 25.1 Å². The molecule has 1 aromatic carbocycles. The van der Waals surface area contributed by atoms with Gasteiger partial charge in [-0.25, -0.2) is 0 Å². The summed E-state index contributed by atoms with van der Waals surface area (Å²) in [6, 6.07) is 7.51. The van der Waals surface area contributed by atoms with Crippen molar-refractivity contribution in [1.82, 2.24) is 4.90 Å². The van der Waals surface area contributed by atoms with Gasteiger partial charge in [0.1, 0.15) is 0 Å². The molecule has 0 bridgehead atoms. The summed E-state index contributed by atoms with van der Waals surface area (Å²) in [7, 11) is 0. The minimum absolute atomic E-state index is 0.123. The van der Waals surface area contributed by atoms with Crippen molar-refractivity contribution >= 4 is 11.6 Å². The SMILES string of the molecule is CC[C@H](N)C(=O)Nc1cccc(CN(CC)CC)c1. The van der Waals surface area contributed by atoms with Crippen LogP contribution in [-0.4, -0.2) is 29.9 Å². The first-order valence-corrected chi connectivity index (χ1v) is 6.98. The Hall–Kier alpha value is -1.39. The lowest BCUT2D eigenvalue weighted by Crippen LogP contribution is -2.34. The van der Waals surface area contributed by atoms with E-state index in [0.29, 0.717) is 6.42 Å². The zero-order valence-corrected chi connectivity index (χ0v) is 12.1. The third kappa shape index (κ3) is 5.01. The molecule has 4 nitrogen and oxygen atoms in total. The van der Waals surface area contributed by atoms with E-state index in [2.05, 4.69) is 30.1 Å². The van der Waals surface area contributed by atoms with E-state index in [4.69, 9.17) is 5.73 Å². The highest BCUT2D eigenvalue weighted by atomic mass is 16.2. The van der Waals surface area contributed by atoms with Crippen LogP contribution in [0.4, 0.5) is 5.69 Å². The van der Waals surface area contributed by atoms with Crippen LogP contribution in [-0.2, 0) is 11.3 Å². The summed E-state index contributed by atoms with van der Waals surface area (Å²) in [4.78, 5) is 14.1. The molecule has 0 radical (unpaired) electrons. The van der Waals surface area contributed by atoms with Gasteiger partial charge in [0.25, 0.3) is 0 Å². The Kier molecular flexibility index (Phi) is 6.53. The van der Waals surface area contributed by atoms with Crippen LogP contribution in [0.5, 0.6) is 0 Å². The van der Waals surface area contributed by atoms with Crippen molar-refractivity contribution in [1.29, 1.82) is 0 Å². The minimum Gasteiger partial charge on any atom is -0.325 e. The molecule has 0 unspecified atom stereocenters. The predicted molar refractivity (Wildman–Crippen MR) is 80.0 cm³/mol. The van der Waals surface area contributed by atoms with Gasteiger partial charge in [-0.15, -0.1) is 0 Å². The molecular weight excluding hydrogens is 238 g/mol. The molecule has 0 aliphatic carbocycles. The maximum absolute atomic E-state index is 11.7. The standard InChI is InChI=1S/C15H25N3O/c1-4-14(16)15(19)17-13-9-7-8-12(10-13)11-18(5-2)6-3/h7-10,14H,4-6,11,16H2,1-3H3,(H,17,19)/t14-/m0/s1. The smallest absolute Gasteiger partial charge is 0.241 e. The number of amides is 1. The van der Waals surface area contributed by atoms with Crippen molar-refractivity contribution < 1.29 is 4.79 Å². The van der Waals surface area contributed by atoms with E-state index >= 15 is 0 Å². The summed E-state index contributed by atoms with van der Waals surface area (Å²) in [5.74, 6) is -0.123. The third-order valence-electron chi connectivity index (χ3n) is 3.27. The number of benzene rings is 1. The molecule has 0 spiro atoms. The second-order valence-corrected chi connectivity index (χ2v) is 4.67. The van der Waals surface area contributed by atoms with Gasteiger partial charge >= 0.3 is 0 Å². The number of anilines is 1. The van der Waals surface area contributed by atoms with E-state index < -0.39 is 6.04 Å². The molecule has 19 heavy (non-hydrogen) atoms. The van der Waals surface area contributed by atoms with Gasteiger partial charge in [0.15, 0.2) is 0 Å². The van der Waals surface area contributed by atoms with E-state index in [1.165, 1.54) is 5.56 Å². The van der Waals surface area contributed by atoms with Crippen LogP contribution in [0.3, 0.4) is 0 Å². The first-order chi connectivity index (χ1) is 9.10. The van der Waals surface area contributed by atoms with Crippen LogP contribution in [0.15, 0.2) is 24.3 Å². The highest BCUT2D eigenvalue weighted by molar-refractivity contribution is 5.94. The lowest BCUT2D eigenvalue weighted by molar-refractivity contribution is -0.117. The van der Waals surface area contributed by atoms with Gasteiger partial charge in [-0.1, -0.05) is 32.9 Å². The predicted octanol–water partition coefficient (Wildman–Crippen LogP) is 2.20. The number of carbonyl (C=O) groups excluding carboxylic acids is 1. The quantitative estimate of drug-likeness (QED) is 0.793.